The molecule has 0 fully saturated rings. The topological polar surface area (TPSA) is 26.3 Å². The normalized spacial score (nSPS) is 10.3. The molecule has 0 saturated carbocycles. The molecule has 0 saturated heterocycles. The average Bonchev–Trinajstić information content (AvgIpc) is 2.17. The van der Waals surface area contributed by atoms with Crippen molar-refractivity contribution in [3.05, 3.63) is 29.8 Å². The summed E-state index contributed by atoms with van der Waals surface area (Å²) >= 11 is 0. The highest BCUT2D eigenvalue weighted by atomic mass is 32.2. The fraction of sp³-hybridized carbons (Fsp3) is 0.364. The number of Topliss-reactive ketones (excluding diaryl/α,β-unsaturated/α-hetero) is 1. The van der Waals surface area contributed by atoms with Crippen LogP contribution in [0.4, 0.5) is 0 Å². The van der Waals surface area contributed by atoms with Crippen LogP contribution in [0, 0.1) is 0 Å². The van der Waals surface area contributed by atoms with Crippen LogP contribution >= 0.6 is 0 Å². The van der Waals surface area contributed by atoms with Crippen molar-refractivity contribution in [1.29, 1.82) is 0 Å². The van der Waals surface area contributed by atoms with E-state index in [4.69, 9.17) is 4.74 Å². The SMILES string of the molecule is COc1ccc(C(=O)C[S+](C)C)cc1. The largest absolute Gasteiger partial charge is 0.497 e. The van der Waals surface area contributed by atoms with E-state index in [-0.39, 0.29) is 16.7 Å². The van der Waals surface area contributed by atoms with Crippen molar-refractivity contribution in [2.24, 2.45) is 0 Å². The van der Waals surface area contributed by atoms with Crippen LogP contribution in [0.3, 0.4) is 0 Å². The minimum Gasteiger partial charge on any atom is -0.497 e. The van der Waals surface area contributed by atoms with E-state index in [1.54, 1.807) is 7.11 Å². The summed E-state index contributed by atoms with van der Waals surface area (Å²) in [6, 6.07) is 7.26. The average molecular weight is 211 g/mol. The third-order valence-corrected chi connectivity index (χ3v) is 2.67. The Morgan fingerprint density at radius 1 is 1.29 bits per heavy atom. The number of carbonyl (C=O) groups is 1. The van der Waals surface area contributed by atoms with Gasteiger partial charge in [0.05, 0.1) is 19.6 Å². The molecule has 0 aliphatic carbocycles. The first-order chi connectivity index (χ1) is 6.63. The Bertz CT molecular complexity index is 304. The molecule has 1 aromatic rings. The second kappa shape index (κ2) is 5.05. The number of hydrogen-bond donors (Lipinski definition) is 0. The lowest BCUT2D eigenvalue weighted by Gasteiger charge is -2.01. The van der Waals surface area contributed by atoms with Crippen molar-refractivity contribution < 1.29 is 9.53 Å². The van der Waals surface area contributed by atoms with Gasteiger partial charge in [0.1, 0.15) is 5.75 Å². The van der Waals surface area contributed by atoms with Crippen molar-refractivity contribution in [1.82, 2.24) is 0 Å². The Hall–Kier alpha value is -0.960. The van der Waals surface area contributed by atoms with E-state index in [0.717, 1.165) is 11.3 Å². The van der Waals surface area contributed by atoms with Crippen LogP contribution in [0.1, 0.15) is 10.4 Å². The maximum absolute atomic E-state index is 11.6. The maximum atomic E-state index is 11.6. The van der Waals surface area contributed by atoms with Gasteiger partial charge >= 0.3 is 0 Å². The first kappa shape index (κ1) is 11.1. The van der Waals surface area contributed by atoms with Gasteiger partial charge in [0.15, 0.2) is 5.75 Å². The fourth-order valence-corrected chi connectivity index (χ4v) is 1.81. The Kier molecular flexibility index (Phi) is 4.01. The zero-order valence-electron chi connectivity index (χ0n) is 8.74. The third-order valence-electron chi connectivity index (χ3n) is 1.83. The van der Waals surface area contributed by atoms with Crippen molar-refractivity contribution >= 4 is 16.7 Å². The van der Waals surface area contributed by atoms with E-state index in [1.165, 1.54) is 0 Å². The van der Waals surface area contributed by atoms with Gasteiger partial charge in [0.2, 0.25) is 5.78 Å². The molecule has 0 N–H and O–H groups in total. The Morgan fingerprint density at radius 2 is 1.86 bits per heavy atom. The van der Waals surface area contributed by atoms with Gasteiger partial charge in [-0.25, -0.2) is 0 Å². The van der Waals surface area contributed by atoms with Crippen LogP contribution in [-0.2, 0) is 10.9 Å². The molecule has 0 bridgehead atoms. The van der Waals surface area contributed by atoms with Crippen molar-refractivity contribution in [3.63, 3.8) is 0 Å². The molecule has 1 rings (SSSR count). The van der Waals surface area contributed by atoms with Crippen molar-refractivity contribution in [3.8, 4) is 5.75 Å². The van der Waals surface area contributed by atoms with E-state index in [2.05, 4.69) is 12.5 Å². The smallest absolute Gasteiger partial charge is 0.211 e. The molecule has 0 aliphatic heterocycles. The van der Waals surface area contributed by atoms with Gasteiger partial charge in [-0.2, -0.15) is 0 Å². The van der Waals surface area contributed by atoms with Crippen LogP contribution in [0.5, 0.6) is 5.75 Å². The summed E-state index contributed by atoms with van der Waals surface area (Å²) in [6.45, 7) is 0. The van der Waals surface area contributed by atoms with Crippen LogP contribution in [-0.4, -0.2) is 31.2 Å². The van der Waals surface area contributed by atoms with Gasteiger partial charge in [-0.15, -0.1) is 0 Å². The van der Waals surface area contributed by atoms with Gasteiger partial charge in [0.25, 0.3) is 0 Å². The number of ketones is 1. The maximum Gasteiger partial charge on any atom is 0.211 e. The molecule has 76 valence electrons. The monoisotopic (exact) mass is 211 g/mol. The molecule has 14 heavy (non-hydrogen) atoms. The van der Waals surface area contributed by atoms with Crippen LogP contribution in [0.15, 0.2) is 24.3 Å². The van der Waals surface area contributed by atoms with Gasteiger partial charge in [-0.3, -0.25) is 4.79 Å². The summed E-state index contributed by atoms with van der Waals surface area (Å²) in [6.07, 6.45) is 4.14. The second-order valence-electron chi connectivity index (χ2n) is 3.28. The molecule has 0 spiro atoms. The predicted molar refractivity (Wildman–Crippen MR) is 61.4 cm³/mol. The van der Waals surface area contributed by atoms with Crippen LogP contribution in [0.2, 0.25) is 0 Å². The molecule has 0 radical (unpaired) electrons. The summed E-state index contributed by atoms with van der Waals surface area (Å²) in [5, 5.41) is 0. The van der Waals surface area contributed by atoms with Gasteiger partial charge < -0.3 is 4.74 Å². The molecule has 0 aliphatic rings. The van der Waals surface area contributed by atoms with E-state index in [1.807, 2.05) is 24.3 Å². The number of ether oxygens (including phenoxy) is 1. The highest BCUT2D eigenvalue weighted by Gasteiger charge is 2.13. The molecular weight excluding hydrogens is 196 g/mol. The fourth-order valence-electron chi connectivity index (χ4n) is 1.12. The summed E-state index contributed by atoms with van der Waals surface area (Å²) in [7, 11) is 1.78. The molecule has 2 nitrogen and oxygen atoms in total. The molecule has 0 aromatic heterocycles. The van der Waals surface area contributed by atoms with Gasteiger partial charge in [-0.05, 0) is 35.2 Å². The number of rotatable bonds is 4. The van der Waals surface area contributed by atoms with Crippen LogP contribution < -0.4 is 4.74 Å². The summed E-state index contributed by atoms with van der Waals surface area (Å²) < 4.78 is 5.02. The number of carbonyl (C=O) groups excluding carboxylic acids is 1. The lowest BCUT2D eigenvalue weighted by Crippen LogP contribution is -2.13. The highest BCUT2D eigenvalue weighted by Crippen LogP contribution is 2.12. The van der Waals surface area contributed by atoms with Gasteiger partial charge in [0, 0.05) is 5.56 Å². The Balaban J connectivity index is 2.71. The second-order valence-corrected chi connectivity index (χ2v) is 5.54. The summed E-state index contributed by atoms with van der Waals surface area (Å²) in [4.78, 5) is 11.6. The lowest BCUT2D eigenvalue weighted by atomic mass is 10.1. The zero-order chi connectivity index (χ0) is 10.6. The van der Waals surface area contributed by atoms with Gasteiger partial charge in [-0.1, -0.05) is 0 Å². The molecule has 0 atom stereocenters. The molecule has 1 aromatic carbocycles. The van der Waals surface area contributed by atoms with E-state index < -0.39 is 0 Å². The van der Waals surface area contributed by atoms with E-state index in [9.17, 15) is 4.79 Å². The Morgan fingerprint density at radius 3 is 2.29 bits per heavy atom. The molecule has 0 amide bonds. The summed E-state index contributed by atoms with van der Waals surface area (Å²) in [5.74, 6) is 1.63. The zero-order valence-corrected chi connectivity index (χ0v) is 9.56. The number of hydrogen-bond acceptors (Lipinski definition) is 2. The standard InChI is InChI=1S/C11H15O2S/c1-13-10-6-4-9(5-7-10)11(12)8-14(2)3/h4-7H,8H2,1-3H3/q+1. The van der Waals surface area contributed by atoms with Crippen molar-refractivity contribution in [2.45, 2.75) is 0 Å². The van der Waals surface area contributed by atoms with Crippen molar-refractivity contribution in [2.75, 3.05) is 25.4 Å². The Labute approximate surface area is 87.6 Å². The third kappa shape index (κ3) is 3.07. The highest BCUT2D eigenvalue weighted by molar-refractivity contribution is 7.96. The number of benzene rings is 1. The predicted octanol–water partition coefficient (Wildman–Crippen LogP) is 1.76. The molecule has 3 heteroatoms. The van der Waals surface area contributed by atoms with E-state index >= 15 is 0 Å². The first-order valence-corrected chi connectivity index (χ1v) is 6.56. The molecular formula is C11H15O2S+. The quantitative estimate of drug-likeness (QED) is 0.560. The minimum absolute atomic E-state index is 0.166. The summed E-state index contributed by atoms with van der Waals surface area (Å²) in [5.41, 5.74) is 0.770. The van der Waals surface area contributed by atoms with Crippen LogP contribution in [0.25, 0.3) is 0 Å². The number of methoxy groups -OCH3 is 1. The minimum atomic E-state index is 0.166. The first-order valence-electron chi connectivity index (χ1n) is 4.35. The lowest BCUT2D eigenvalue weighted by molar-refractivity contribution is 0.102. The van der Waals surface area contributed by atoms with E-state index in [0.29, 0.717) is 5.75 Å². The molecule has 0 unspecified atom stereocenters. The molecule has 0 heterocycles.